The van der Waals surface area contributed by atoms with E-state index >= 15 is 0 Å². The Bertz CT molecular complexity index is 1790. The monoisotopic (exact) mass is 518 g/mol. The molecule has 0 unspecified atom stereocenters. The van der Waals surface area contributed by atoms with Crippen LogP contribution in [0.3, 0.4) is 0 Å². The second kappa shape index (κ2) is 8.78. The summed E-state index contributed by atoms with van der Waals surface area (Å²) >= 11 is 0. The first-order chi connectivity index (χ1) is 19.7. The molecular weight excluding hydrogens is 488 g/mol. The molecular formula is C36H30N4. The zero-order valence-electron chi connectivity index (χ0n) is 22.8. The van der Waals surface area contributed by atoms with Gasteiger partial charge in [0.25, 0.3) is 0 Å². The van der Waals surface area contributed by atoms with Gasteiger partial charge in [-0.15, -0.1) is 0 Å². The Morgan fingerprint density at radius 3 is 1.20 bits per heavy atom. The van der Waals surface area contributed by atoms with Crippen molar-refractivity contribution < 1.29 is 0 Å². The standard InChI is InChI=1S/C36H30N4/c1-37-23-39(31-17-9-7-15-29(31)37)33-21-19-25-11-3-5-13-27(25)35(33)36-28-14-6-4-12-26(28)20-22-34(36)40-24-38(2)30-16-8-10-18-32(30)40/h3-22H,23-24H2,1-2H3. The summed E-state index contributed by atoms with van der Waals surface area (Å²) < 4.78 is 0. The third-order valence-electron chi connectivity index (χ3n) is 8.52. The smallest absolute Gasteiger partial charge is 0.0950 e. The third kappa shape index (κ3) is 3.32. The molecule has 0 radical (unpaired) electrons. The van der Waals surface area contributed by atoms with Gasteiger partial charge in [0.15, 0.2) is 0 Å². The molecule has 0 amide bonds. The molecule has 6 aromatic rings. The van der Waals surface area contributed by atoms with Crippen molar-refractivity contribution in [2.75, 3.05) is 47.0 Å². The normalized spacial score (nSPS) is 14.3. The fraction of sp³-hybridized carbons (Fsp3) is 0.111. The van der Waals surface area contributed by atoms with Crippen molar-refractivity contribution in [2.24, 2.45) is 0 Å². The van der Waals surface area contributed by atoms with Crippen LogP contribution in [-0.4, -0.2) is 27.4 Å². The van der Waals surface area contributed by atoms with E-state index < -0.39 is 0 Å². The van der Waals surface area contributed by atoms with Gasteiger partial charge >= 0.3 is 0 Å². The number of nitrogens with zero attached hydrogens (tertiary/aromatic N) is 4. The number of fused-ring (bicyclic) bond motifs is 4. The van der Waals surface area contributed by atoms with Gasteiger partial charge in [-0.25, -0.2) is 0 Å². The Balaban J connectivity index is 1.47. The highest BCUT2D eigenvalue weighted by molar-refractivity contribution is 6.15. The molecule has 0 aromatic heterocycles. The Morgan fingerprint density at radius 1 is 0.375 bits per heavy atom. The fourth-order valence-electron chi connectivity index (χ4n) is 6.67. The molecule has 4 heteroatoms. The van der Waals surface area contributed by atoms with Crippen LogP contribution in [0.25, 0.3) is 32.7 Å². The molecule has 6 aromatic carbocycles. The van der Waals surface area contributed by atoms with Gasteiger partial charge in [-0.3, -0.25) is 0 Å². The molecule has 0 saturated carbocycles. The van der Waals surface area contributed by atoms with Crippen molar-refractivity contribution >= 4 is 55.7 Å². The molecule has 2 aliphatic heterocycles. The summed E-state index contributed by atoms with van der Waals surface area (Å²) in [4.78, 5) is 9.63. The third-order valence-corrected chi connectivity index (χ3v) is 8.52. The number of hydrogen-bond acceptors (Lipinski definition) is 4. The summed E-state index contributed by atoms with van der Waals surface area (Å²) in [6, 6.07) is 44.3. The molecule has 0 bridgehead atoms. The van der Waals surface area contributed by atoms with Crippen molar-refractivity contribution in [3.8, 4) is 11.1 Å². The zero-order valence-corrected chi connectivity index (χ0v) is 22.8. The van der Waals surface area contributed by atoms with Gasteiger partial charge in [0, 0.05) is 25.2 Å². The lowest BCUT2D eigenvalue weighted by atomic mass is 9.90. The van der Waals surface area contributed by atoms with E-state index in [0.29, 0.717) is 0 Å². The van der Waals surface area contributed by atoms with Crippen LogP contribution in [0.2, 0.25) is 0 Å². The second-order valence-electron chi connectivity index (χ2n) is 10.9. The minimum atomic E-state index is 0.806. The highest BCUT2D eigenvalue weighted by Gasteiger charge is 2.31. The Hall–Kier alpha value is -4.96. The average Bonchev–Trinajstić information content (AvgIpc) is 3.52. The van der Waals surface area contributed by atoms with Crippen molar-refractivity contribution in [2.45, 2.75) is 0 Å². The number of anilines is 6. The van der Waals surface area contributed by atoms with Gasteiger partial charge in [0.05, 0.1) is 47.5 Å². The van der Waals surface area contributed by atoms with Crippen molar-refractivity contribution in [1.82, 2.24) is 0 Å². The molecule has 0 fully saturated rings. The van der Waals surface area contributed by atoms with Gasteiger partial charge in [-0.1, -0.05) is 84.9 Å². The first kappa shape index (κ1) is 23.0. The number of para-hydroxylation sites is 4. The molecule has 8 rings (SSSR count). The largest absolute Gasteiger partial charge is 0.355 e. The highest BCUT2D eigenvalue weighted by Crippen LogP contribution is 2.52. The Morgan fingerprint density at radius 2 is 0.750 bits per heavy atom. The second-order valence-corrected chi connectivity index (χ2v) is 10.9. The maximum Gasteiger partial charge on any atom is 0.0950 e. The van der Waals surface area contributed by atoms with Gasteiger partial charge in [0.2, 0.25) is 0 Å². The summed E-state index contributed by atoms with van der Waals surface area (Å²) in [6.07, 6.45) is 0. The number of benzene rings is 6. The fourth-order valence-corrected chi connectivity index (χ4v) is 6.67. The molecule has 194 valence electrons. The topological polar surface area (TPSA) is 13.0 Å². The van der Waals surface area contributed by atoms with Gasteiger partial charge in [-0.05, 0) is 57.9 Å². The van der Waals surface area contributed by atoms with E-state index in [9.17, 15) is 0 Å². The number of hydrogen-bond donors (Lipinski definition) is 0. The molecule has 0 spiro atoms. The van der Waals surface area contributed by atoms with Crippen LogP contribution < -0.4 is 19.6 Å². The summed E-state index contributed by atoms with van der Waals surface area (Å²) in [6.45, 7) is 1.61. The van der Waals surface area contributed by atoms with Crippen molar-refractivity contribution in [3.05, 3.63) is 121 Å². The zero-order chi connectivity index (χ0) is 26.8. The predicted molar refractivity (Wildman–Crippen MR) is 171 cm³/mol. The van der Waals surface area contributed by atoms with E-state index in [1.165, 1.54) is 66.8 Å². The van der Waals surface area contributed by atoms with E-state index in [-0.39, 0.29) is 0 Å². The van der Waals surface area contributed by atoms with E-state index in [2.05, 4.69) is 155 Å². The molecule has 0 atom stereocenters. The SMILES string of the molecule is CN1CN(c2ccc3ccccc3c2-c2c(N3CN(C)c4ccccc43)ccc3ccccc23)c2ccccc21. The molecule has 2 aliphatic rings. The average molecular weight is 519 g/mol. The van der Waals surface area contributed by atoms with Gasteiger partial charge in [0.1, 0.15) is 0 Å². The first-order valence-corrected chi connectivity index (χ1v) is 13.9. The molecule has 4 nitrogen and oxygen atoms in total. The first-order valence-electron chi connectivity index (χ1n) is 13.9. The van der Waals surface area contributed by atoms with Crippen LogP contribution in [-0.2, 0) is 0 Å². The molecule has 2 heterocycles. The van der Waals surface area contributed by atoms with E-state index in [0.717, 1.165) is 13.3 Å². The van der Waals surface area contributed by atoms with Gasteiger partial charge < -0.3 is 19.6 Å². The predicted octanol–water partition coefficient (Wildman–Crippen LogP) is 8.75. The minimum Gasteiger partial charge on any atom is -0.355 e. The maximum absolute atomic E-state index is 2.48. The van der Waals surface area contributed by atoms with Crippen LogP contribution >= 0.6 is 0 Å². The summed E-state index contributed by atoms with van der Waals surface area (Å²) in [5, 5.41) is 5.04. The van der Waals surface area contributed by atoms with Crippen LogP contribution in [0, 0.1) is 0 Å². The molecule has 0 aliphatic carbocycles. The Kier molecular flexibility index (Phi) is 5.05. The Labute approximate surface area is 234 Å². The number of rotatable bonds is 3. The van der Waals surface area contributed by atoms with E-state index in [4.69, 9.17) is 0 Å². The van der Waals surface area contributed by atoms with Crippen LogP contribution in [0.15, 0.2) is 121 Å². The summed E-state index contributed by atoms with van der Waals surface area (Å²) in [5.74, 6) is 0. The van der Waals surface area contributed by atoms with Crippen molar-refractivity contribution in [1.29, 1.82) is 0 Å². The lowest BCUT2D eigenvalue weighted by Gasteiger charge is -2.29. The van der Waals surface area contributed by atoms with E-state index in [1.807, 2.05) is 0 Å². The van der Waals surface area contributed by atoms with Crippen LogP contribution in [0.5, 0.6) is 0 Å². The maximum atomic E-state index is 2.48. The molecule has 0 saturated heterocycles. The molecule has 0 N–H and O–H groups in total. The summed E-state index contributed by atoms with van der Waals surface area (Å²) in [7, 11) is 4.36. The lowest BCUT2D eigenvalue weighted by Crippen LogP contribution is -2.25. The van der Waals surface area contributed by atoms with E-state index in [1.54, 1.807) is 0 Å². The van der Waals surface area contributed by atoms with Crippen LogP contribution in [0.4, 0.5) is 34.1 Å². The quantitative estimate of drug-likeness (QED) is 0.232. The van der Waals surface area contributed by atoms with Crippen molar-refractivity contribution in [3.63, 3.8) is 0 Å². The van der Waals surface area contributed by atoms with Crippen LogP contribution in [0.1, 0.15) is 0 Å². The highest BCUT2D eigenvalue weighted by atomic mass is 15.4. The van der Waals surface area contributed by atoms with Gasteiger partial charge in [-0.2, -0.15) is 0 Å². The molecule has 40 heavy (non-hydrogen) atoms. The minimum absolute atomic E-state index is 0.806. The summed E-state index contributed by atoms with van der Waals surface area (Å²) in [5.41, 5.74) is 10.0. The lowest BCUT2D eigenvalue weighted by molar-refractivity contribution is 0.948.